The van der Waals surface area contributed by atoms with Gasteiger partial charge in [0, 0.05) is 50.9 Å². The summed E-state index contributed by atoms with van der Waals surface area (Å²) in [6, 6.07) is 7.24. The Morgan fingerprint density at radius 2 is 1.96 bits per heavy atom. The number of likely N-dealkylation sites (N-methyl/N-ethyl adjacent to an activating group) is 1. The minimum atomic E-state index is -3.58. The predicted molar refractivity (Wildman–Crippen MR) is 105 cm³/mol. The molecular weight excluding hydrogens is 348 g/mol. The fourth-order valence-corrected chi connectivity index (χ4v) is 4.67. The van der Waals surface area contributed by atoms with Gasteiger partial charge in [0.05, 0.1) is 5.52 Å². The van der Waals surface area contributed by atoms with E-state index in [0.29, 0.717) is 12.1 Å². The summed E-state index contributed by atoms with van der Waals surface area (Å²) in [5.41, 5.74) is 1.54. The van der Waals surface area contributed by atoms with Crippen molar-refractivity contribution in [3.8, 4) is 0 Å². The number of rotatable bonds is 6. The lowest BCUT2D eigenvalue weighted by molar-refractivity contribution is 0.139. The Morgan fingerprint density at radius 1 is 1.23 bits per heavy atom. The average Bonchev–Trinajstić information content (AvgIpc) is 2.61. The summed E-state index contributed by atoms with van der Waals surface area (Å²) in [6.07, 6.45) is 1.71. The Balaban J connectivity index is 1.66. The smallest absolute Gasteiger partial charge is 0.242 e. The molecule has 1 aromatic carbocycles. The van der Waals surface area contributed by atoms with Crippen molar-refractivity contribution in [3.63, 3.8) is 0 Å². The summed E-state index contributed by atoms with van der Waals surface area (Å²) < 4.78 is 28.4. The van der Waals surface area contributed by atoms with Gasteiger partial charge in [-0.3, -0.25) is 4.98 Å². The van der Waals surface area contributed by atoms with Crippen LogP contribution in [0.25, 0.3) is 10.9 Å². The summed E-state index contributed by atoms with van der Waals surface area (Å²) in [5, 5.41) is 0.846. The molecule has 2 aromatic rings. The predicted octanol–water partition coefficient (Wildman–Crippen LogP) is 1.71. The first-order valence-corrected chi connectivity index (χ1v) is 10.6. The highest BCUT2D eigenvalue weighted by molar-refractivity contribution is 7.89. The van der Waals surface area contributed by atoms with Crippen molar-refractivity contribution in [3.05, 3.63) is 36.0 Å². The van der Waals surface area contributed by atoms with Crippen LogP contribution in [-0.2, 0) is 10.0 Å². The van der Waals surface area contributed by atoms with E-state index in [1.165, 1.54) is 0 Å². The SMILES string of the molecule is Cc1cnc2c(S(=O)(=O)NCC(C)CN3CCN(C)CC3)cccc2c1. The standard InChI is InChI=1S/C19H28N4O2S/c1-15-11-17-5-4-6-18(19(17)20-12-15)26(24,25)21-13-16(2)14-23-9-7-22(3)8-10-23/h4-6,11-12,16,21H,7-10,13-14H2,1-3H3. The van der Waals surface area contributed by atoms with Gasteiger partial charge in [-0.05, 0) is 37.6 Å². The molecule has 1 saturated heterocycles. The molecule has 0 aliphatic carbocycles. The first kappa shape index (κ1) is 19.2. The molecule has 26 heavy (non-hydrogen) atoms. The van der Waals surface area contributed by atoms with Crippen molar-refractivity contribution < 1.29 is 8.42 Å². The van der Waals surface area contributed by atoms with Crippen molar-refractivity contribution >= 4 is 20.9 Å². The van der Waals surface area contributed by atoms with E-state index in [1.807, 2.05) is 19.1 Å². The molecule has 6 nitrogen and oxygen atoms in total. The molecule has 1 aliphatic rings. The third-order valence-electron chi connectivity index (χ3n) is 4.89. The maximum Gasteiger partial charge on any atom is 0.242 e. The highest BCUT2D eigenvalue weighted by atomic mass is 32.2. The van der Waals surface area contributed by atoms with Gasteiger partial charge in [-0.1, -0.05) is 19.1 Å². The first-order chi connectivity index (χ1) is 12.3. The molecule has 1 unspecified atom stereocenters. The van der Waals surface area contributed by atoms with Gasteiger partial charge in [-0.2, -0.15) is 0 Å². The molecule has 0 spiro atoms. The van der Waals surface area contributed by atoms with Gasteiger partial charge in [0.1, 0.15) is 4.90 Å². The number of nitrogens with one attached hydrogen (secondary N) is 1. The van der Waals surface area contributed by atoms with Crippen molar-refractivity contribution in [2.75, 3.05) is 46.3 Å². The zero-order valence-electron chi connectivity index (χ0n) is 15.8. The zero-order chi connectivity index (χ0) is 18.7. The van der Waals surface area contributed by atoms with Gasteiger partial charge in [0.25, 0.3) is 0 Å². The number of pyridine rings is 1. The third kappa shape index (κ3) is 4.59. The van der Waals surface area contributed by atoms with Crippen LogP contribution in [0.3, 0.4) is 0 Å². The number of nitrogens with zero attached hydrogens (tertiary/aromatic N) is 3. The number of aromatic nitrogens is 1. The fraction of sp³-hybridized carbons (Fsp3) is 0.526. The quantitative estimate of drug-likeness (QED) is 0.831. The van der Waals surface area contributed by atoms with E-state index in [-0.39, 0.29) is 10.8 Å². The maximum absolute atomic E-state index is 12.8. The zero-order valence-corrected chi connectivity index (χ0v) is 16.6. The monoisotopic (exact) mass is 376 g/mol. The number of hydrogen-bond donors (Lipinski definition) is 1. The van der Waals surface area contributed by atoms with Crippen LogP contribution in [0.15, 0.2) is 35.4 Å². The van der Waals surface area contributed by atoms with Crippen molar-refractivity contribution in [2.24, 2.45) is 5.92 Å². The molecule has 0 saturated carbocycles. The first-order valence-electron chi connectivity index (χ1n) is 9.11. The summed E-state index contributed by atoms with van der Waals surface area (Å²) >= 11 is 0. The van der Waals surface area contributed by atoms with E-state index in [9.17, 15) is 8.42 Å². The Bertz CT molecular complexity index is 861. The minimum Gasteiger partial charge on any atom is -0.304 e. The van der Waals surface area contributed by atoms with Gasteiger partial charge in [-0.15, -0.1) is 0 Å². The number of para-hydroxylation sites is 1. The lowest BCUT2D eigenvalue weighted by Crippen LogP contribution is -2.46. The van der Waals surface area contributed by atoms with E-state index in [0.717, 1.165) is 43.7 Å². The van der Waals surface area contributed by atoms with Crippen molar-refractivity contribution in [2.45, 2.75) is 18.7 Å². The Labute approximate surface area is 156 Å². The summed E-state index contributed by atoms with van der Waals surface area (Å²) in [6.45, 7) is 9.59. The molecule has 0 amide bonds. The van der Waals surface area contributed by atoms with Gasteiger partial charge < -0.3 is 9.80 Å². The molecule has 1 atom stereocenters. The van der Waals surface area contributed by atoms with Crippen LogP contribution >= 0.6 is 0 Å². The topological polar surface area (TPSA) is 65.5 Å². The minimum absolute atomic E-state index is 0.248. The molecule has 1 fully saturated rings. The highest BCUT2D eigenvalue weighted by Crippen LogP contribution is 2.21. The molecule has 3 rings (SSSR count). The maximum atomic E-state index is 12.8. The molecule has 0 radical (unpaired) electrons. The van der Waals surface area contributed by atoms with Crippen LogP contribution in [-0.4, -0.2) is 69.5 Å². The van der Waals surface area contributed by atoms with E-state index in [4.69, 9.17) is 0 Å². The van der Waals surface area contributed by atoms with Crippen LogP contribution in [0.4, 0.5) is 0 Å². The highest BCUT2D eigenvalue weighted by Gasteiger charge is 2.21. The lowest BCUT2D eigenvalue weighted by atomic mass is 10.1. The molecule has 2 heterocycles. The van der Waals surface area contributed by atoms with Gasteiger partial charge in [-0.25, -0.2) is 13.1 Å². The second kappa shape index (κ2) is 8.00. The van der Waals surface area contributed by atoms with E-state index < -0.39 is 10.0 Å². The normalized spacial score (nSPS) is 18.3. The van der Waals surface area contributed by atoms with E-state index >= 15 is 0 Å². The average molecular weight is 377 g/mol. The molecule has 1 aliphatic heterocycles. The van der Waals surface area contributed by atoms with Gasteiger partial charge in [0.15, 0.2) is 0 Å². The van der Waals surface area contributed by atoms with E-state index in [2.05, 4.69) is 33.5 Å². The molecule has 1 aromatic heterocycles. The van der Waals surface area contributed by atoms with Crippen LogP contribution in [0.5, 0.6) is 0 Å². The van der Waals surface area contributed by atoms with Crippen LogP contribution in [0.1, 0.15) is 12.5 Å². The molecular formula is C19H28N4O2S. The number of piperazine rings is 1. The largest absolute Gasteiger partial charge is 0.304 e. The number of aryl methyl sites for hydroxylation is 1. The van der Waals surface area contributed by atoms with Gasteiger partial charge >= 0.3 is 0 Å². The van der Waals surface area contributed by atoms with Crippen molar-refractivity contribution in [1.29, 1.82) is 0 Å². The number of benzene rings is 1. The van der Waals surface area contributed by atoms with Crippen LogP contribution in [0, 0.1) is 12.8 Å². The van der Waals surface area contributed by atoms with E-state index in [1.54, 1.807) is 18.3 Å². The molecule has 142 valence electrons. The molecule has 1 N–H and O–H groups in total. The summed E-state index contributed by atoms with van der Waals surface area (Å²) in [4.78, 5) is 9.32. The Morgan fingerprint density at radius 3 is 2.69 bits per heavy atom. The molecule has 0 bridgehead atoms. The second-order valence-electron chi connectivity index (χ2n) is 7.40. The lowest BCUT2D eigenvalue weighted by Gasteiger charge is -2.33. The summed E-state index contributed by atoms with van der Waals surface area (Å²) in [5.74, 6) is 0.248. The van der Waals surface area contributed by atoms with Gasteiger partial charge in [0.2, 0.25) is 10.0 Å². The second-order valence-corrected chi connectivity index (χ2v) is 9.14. The molecule has 7 heteroatoms. The Hall–Kier alpha value is -1.54. The Kier molecular flexibility index (Phi) is 5.92. The third-order valence-corrected chi connectivity index (χ3v) is 6.34. The summed E-state index contributed by atoms with van der Waals surface area (Å²) in [7, 11) is -1.45. The van der Waals surface area contributed by atoms with Crippen LogP contribution in [0.2, 0.25) is 0 Å². The number of hydrogen-bond acceptors (Lipinski definition) is 5. The number of sulfonamides is 1. The van der Waals surface area contributed by atoms with Crippen LogP contribution < -0.4 is 4.72 Å². The number of fused-ring (bicyclic) bond motifs is 1. The van der Waals surface area contributed by atoms with Crippen molar-refractivity contribution in [1.82, 2.24) is 19.5 Å². The fourth-order valence-electron chi connectivity index (χ4n) is 3.33.